The number of hydrogen-bond donors (Lipinski definition) is 2. The fourth-order valence-electron chi connectivity index (χ4n) is 2.07. The lowest BCUT2D eigenvalue weighted by atomic mass is 10.00. The summed E-state index contributed by atoms with van der Waals surface area (Å²) in [7, 11) is 0. The van der Waals surface area contributed by atoms with Crippen LogP contribution in [0.15, 0.2) is 48.5 Å². The summed E-state index contributed by atoms with van der Waals surface area (Å²) in [5.74, 6) is -0.741. The van der Waals surface area contributed by atoms with Crippen LogP contribution in [0.25, 0.3) is 0 Å². The summed E-state index contributed by atoms with van der Waals surface area (Å²) >= 11 is 5.93. The van der Waals surface area contributed by atoms with Gasteiger partial charge in [0.05, 0.1) is 6.61 Å². The Balaban J connectivity index is 2.09. The lowest BCUT2D eigenvalue weighted by molar-refractivity contribution is -0.168. The number of aliphatic carboxylic acids is 1. The van der Waals surface area contributed by atoms with Crippen molar-refractivity contribution in [1.29, 1.82) is 0 Å². The number of phenols is 1. The summed E-state index contributed by atoms with van der Waals surface area (Å²) in [6.45, 7) is 3.30. The zero-order valence-corrected chi connectivity index (χ0v) is 14.2. The van der Waals surface area contributed by atoms with Crippen LogP contribution in [0.3, 0.4) is 0 Å². The number of benzene rings is 2. The van der Waals surface area contributed by atoms with E-state index in [0.29, 0.717) is 10.8 Å². The molecule has 5 nitrogen and oxygen atoms in total. The Morgan fingerprint density at radius 2 is 1.92 bits per heavy atom. The topological polar surface area (TPSA) is 76.0 Å². The van der Waals surface area contributed by atoms with Crippen LogP contribution < -0.4 is 4.74 Å². The summed E-state index contributed by atoms with van der Waals surface area (Å²) in [5, 5.41) is 19.5. The fraction of sp³-hybridized carbons (Fsp3) is 0.278. The van der Waals surface area contributed by atoms with Gasteiger partial charge >= 0.3 is 5.97 Å². The third kappa shape index (κ3) is 4.40. The van der Waals surface area contributed by atoms with Gasteiger partial charge in [-0.3, -0.25) is 0 Å². The van der Waals surface area contributed by atoms with E-state index < -0.39 is 17.7 Å². The van der Waals surface area contributed by atoms with Gasteiger partial charge in [-0.15, -0.1) is 0 Å². The molecule has 0 heterocycles. The number of ether oxygens (including phenoxy) is 2. The van der Waals surface area contributed by atoms with Gasteiger partial charge < -0.3 is 19.7 Å². The first-order valence-electron chi connectivity index (χ1n) is 7.39. The maximum Gasteiger partial charge on any atom is 0.350 e. The van der Waals surface area contributed by atoms with Crippen molar-refractivity contribution in [2.75, 3.05) is 0 Å². The van der Waals surface area contributed by atoms with E-state index in [4.69, 9.17) is 21.1 Å². The number of phenolic OH excluding ortho intramolecular Hbond substituents is 1. The Labute approximate surface area is 145 Å². The molecule has 2 unspecified atom stereocenters. The van der Waals surface area contributed by atoms with Gasteiger partial charge in [-0.05, 0) is 55.8 Å². The molecule has 128 valence electrons. The Hall–Kier alpha value is -2.24. The summed E-state index contributed by atoms with van der Waals surface area (Å²) in [5.41, 5.74) is -0.748. The molecule has 2 N–H and O–H groups in total. The molecule has 2 rings (SSSR count). The minimum absolute atomic E-state index is 0.0737. The Kier molecular flexibility index (Phi) is 5.70. The van der Waals surface area contributed by atoms with Crippen LogP contribution in [0.2, 0.25) is 5.02 Å². The van der Waals surface area contributed by atoms with Gasteiger partial charge in [0.2, 0.25) is 5.60 Å². The highest BCUT2D eigenvalue weighted by Crippen LogP contribution is 2.26. The summed E-state index contributed by atoms with van der Waals surface area (Å²) in [6, 6.07) is 13.0. The van der Waals surface area contributed by atoms with Crippen LogP contribution in [-0.4, -0.2) is 27.9 Å². The lowest BCUT2D eigenvalue weighted by Gasteiger charge is -2.32. The molecule has 2 aromatic carbocycles. The molecule has 0 aliphatic heterocycles. The van der Waals surface area contributed by atoms with E-state index in [-0.39, 0.29) is 12.4 Å². The van der Waals surface area contributed by atoms with E-state index in [9.17, 15) is 15.0 Å². The first-order chi connectivity index (χ1) is 11.3. The highest BCUT2D eigenvalue weighted by atomic mass is 35.5. The predicted molar refractivity (Wildman–Crippen MR) is 90.5 cm³/mol. The van der Waals surface area contributed by atoms with E-state index in [2.05, 4.69) is 0 Å². The van der Waals surface area contributed by atoms with Crippen LogP contribution in [0, 0.1) is 0 Å². The average molecular weight is 351 g/mol. The maximum atomic E-state index is 11.7. The predicted octanol–water partition coefficient (Wildman–Crippen LogP) is 3.87. The second kappa shape index (κ2) is 7.55. The Morgan fingerprint density at radius 1 is 1.25 bits per heavy atom. The second-order valence-electron chi connectivity index (χ2n) is 5.59. The minimum atomic E-state index is -1.59. The molecule has 2 atom stereocenters. The van der Waals surface area contributed by atoms with Gasteiger partial charge in [0.25, 0.3) is 0 Å². The maximum absolute atomic E-state index is 11.7. The number of carboxylic acid groups (broad SMARTS) is 1. The molecule has 0 amide bonds. The lowest BCUT2D eigenvalue weighted by Crippen LogP contribution is -2.51. The fourth-order valence-corrected chi connectivity index (χ4v) is 2.28. The van der Waals surface area contributed by atoms with E-state index in [1.807, 2.05) is 6.07 Å². The van der Waals surface area contributed by atoms with Gasteiger partial charge in [0.1, 0.15) is 17.6 Å². The highest BCUT2D eigenvalue weighted by Gasteiger charge is 2.42. The number of halogens is 1. The van der Waals surface area contributed by atoms with Crippen molar-refractivity contribution in [3.63, 3.8) is 0 Å². The number of aromatic hydroxyl groups is 1. The molecule has 0 aliphatic carbocycles. The number of carboxylic acids is 1. The molecule has 0 spiro atoms. The number of rotatable bonds is 7. The SMILES string of the molecule is CC(OCc1cccc(Cl)c1)C(C)(Oc1ccc(O)cc1)C(=O)O. The molecule has 6 heteroatoms. The van der Waals surface area contributed by atoms with Crippen LogP contribution in [-0.2, 0) is 16.1 Å². The Bertz CT molecular complexity index is 701. The molecule has 0 aromatic heterocycles. The van der Waals surface area contributed by atoms with Crippen LogP contribution >= 0.6 is 11.6 Å². The first kappa shape index (κ1) is 18.1. The monoisotopic (exact) mass is 350 g/mol. The molecule has 0 bridgehead atoms. The van der Waals surface area contributed by atoms with E-state index in [0.717, 1.165) is 5.56 Å². The number of hydrogen-bond acceptors (Lipinski definition) is 4. The van der Waals surface area contributed by atoms with Crippen molar-refractivity contribution in [2.45, 2.75) is 32.2 Å². The molecular weight excluding hydrogens is 332 g/mol. The van der Waals surface area contributed by atoms with Gasteiger partial charge in [-0.1, -0.05) is 23.7 Å². The number of carbonyl (C=O) groups is 1. The van der Waals surface area contributed by atoms with E-state index in [1.54, 1.807) is 25.1 Å². The van der Waals surface area contributed by atoms with Gasteiger partial charge in [-0.2, -0.15) is 0 Å². The van der Waals surface area contributed by atoms with Gasteiger partial charge in [0, 0.05) is 5.02 Å². The van der Waals surface area contributed by atoms with E-state index >= 15 is 0 Å². The largest absolute Gasteiger partial charge is 0.508 e. The second-order valence-corrected chi connectivity index (χ2v) is 6.03. The highest BCUT2D eigenvalue weighted by molar-refractivity contribution is 6.30. The molecule has 24 heavy (non-hydrogen) atoms. The molecule has 0 fully saturated rings. The molecular formula is C18H19ClO5. The standard InChI is InChI=1S/C18H19ClO5/c1-12(23-11-13-4-3-5-14(19)10-13)18(2,17(21)22)24-16-8-6-15(20)7-9-16/h3-10,12,20H,11H2,1-2H3,(H,21,22). The molecule has 0 saturated heterocycles. The van der Waals surface area contributed by atoms with Crippen molar-refractivity contribution >= 4 is 17.6 Å². The third-order valence-electron chi connectivity index (χ3n) is 3.76. The Morgan fingerprint density at radius 3 is 2.50 bits per heavy atom. The van der Waals surface area contributed by atoms with Crippen LogP contribution in [0.4, 0.5) is 0 Å². The van der Waals surface area contributed by atoms with Crippen molar-refractivity contribution in [2.24, 2.45) is 0 Å². The van der Waals surface area contributed by atoms with Crippen LogP contribution in [0.1, 0.15) is 19.4 Å². The smallest absolute Gasteiger partial charge is 0.350 e. The van der Waals surface area contributed by atoms with Crippen molar-refractivity contribution < 1.29 is 24.5 Å². The van der Waals surface area contributed by atoms with Crippen molar-refractivity contribution in [1.82, 2.24) is 0 Å². The quantitative estimate of drug-likeness (QED) is 0.792. The first-order valence-corrected chi connectivity index (χ1v) is 7.76. The van der Waals surface area contributed by atoms with Gasteiger partial charge in [0.15, 0.2) is 0 Å². The van der Waals surface area contributed by atoms with Gasteiger partial charge in [-0.25, -0.2) is 4.79 Å². The van der Waals surface area contributed by atoms with Crippen molar-refractivity contribution in [3.8, 4) is 11.5 Å². The van der Waals surface area contributed by atoms with E-state index in [1.165, 1.54) is 31.2 Å². The normalized spacial score (nSPS) is 14.6. The molecule has 0 saturated carbocycles. The molecule has 0 radical (unpaired) electrons. The summed E-state index contributed by atoms with van der Waals surface area (Å²) in [4.78, 5) is 11.7. The zero-order valence-electron chi connectivity index (χ0n) is 13.4. The molecule has 0 aliphatic rings. The minimum Gasteiger partial charge on any atom is -0.508 e. The molecule has 2 aromatic rings. The summed E-state index contributed by atoms with van der Waals surface area (Å²) in [6.07, 6.45) is -0.734. The van der Waals surface area contributed by atoms with Crippen molar-refractivity contribution in [3.05, 3.63) is 59.1 Å². The average Bonchev–Trinajstić information content (AvgIpc) is 2.54. The summed E-state index contributed by atoms with van der Waals surface area (Å²) < 4.78 is 11.3. The van der Waals surface area contributed by atoms with Crippen LogP contribution in [0.5, 0.6) is 11.5 Å². The third-order valence-corrected chi connectivity index (χ3v) is 3.99. The zero-order chi connectivity index (χ0) is 17.7.